The van der Waals surface area contributed by atoms with E-state index >= 15 is 0 Å². The Labute approximate surface area is 300 Å². The number of nitrogens with zero attached hydrogens (tertiary/aromatic N) is 9. The van der Waals surface area contributed by atoms with E-state index in [1.165, 1.54) is 132 Å². The minimum atomic E-state index is 0.273. The van der Waals surface area contributed by atoms with Crippen LogP contribution in [0.1, 0.15) is 132 Å². The van der Waals surface area contributed by atoms with Crippen LogP contribution in [0.4, 0.5) is 0 Å². The lowest BCUT2D eigenvalue weighted by Crippen LogP contribution is -2.48. The van der Waals surface area contributed by atoms with E-state index < -0.39 is 0 Å². The molecule has 0 amide bonds. The summed E-state index contributed by atoms with van der Waals surface area (Å²) in [7, 11) is 0. The molecule has 16 rings (SSSR count). The van der Waals surface area contributed by atoms with Crippen LogP contribution in [0.15, 0.2) is 37.2 Å². The largest absolute Gasteiger partial charge is 0.257 e. The van der Waals surface area contributed by atoms with Gasteiger partial charge in [0.1, 0.15) is 0 Å². The van der Waals surface area contributed by atoms with Gasteiger partial charge in [-0.1, -0.05) is 0 Å². The van der Waals surface area contributed by atoms with Crippen molar-refractivity contribution in [2.24, 2.45) is 53.3 Å². The van der Waals surface area contributed by atoms with Crippen molar-refractivity contribution >= 4 is 0 Å². The summed E-state index contributed by atoms with van der Waals surface area (Å²) in [6, 6.07) is 0. The van der Waals surface area contributed by atoms with Crippen molar-refractivity contribution in [3.05, 3.63) is 53.9 Å². The second-order valence-corrected chi connectivity index (χ2v) is 20.3. The van der Waals surface area contributed by atoms with Gasteiger partial charge in [-0.15, -0.1) is 0 Å². The number of rotatable bonds is 6. The second-order valence-electron chi connectivity index (χ2n) is 20.3. The molecule has 0 N–H and O–H groups in total. The van der Waals surface area contributed by atoms with E-state index in [1.807, 2.05) is 14.0 Å². The average molecular weight is 682 g/mol. The van der Waals surface area contributed by atoms with Gasteiger partial charge in [0.05, 0.1) is 18.6 Å². The molecule has 4 aromatic heterocycles. The SMILES string of the molecule is c1nn(-c2nc(-n3cc(C45CC6CC(CC(C6)C4)C5)cn3)nc(-n3cc(C45CC6CC(CC(C6)C4)C5)cn3)n2)cc1C12CC3CC(CC(C3)C1)C2. The van der Waals surface area contributed by atoms with Gasteiger partial charge in [-0.2, -0.15) is 30.2 Å². The molecular weight excluding hydrogens is 631 g/mol. The van der Waals surface area contributed by atoms with Crippen LogP contribution in [0.3, 0.4) is 0 Å². The maximum Gasteiger partial charge on any atom is 0.257 e. The van der Waals surface area contributed by atoms with Crippen LogP contribution in [-0.2, 0) is 16.2 Å². The fraction of sp³-hybridized carbons (Fsp3) is 0.714. The molecule has 264 valence electrons. The van der Waals surface area contributed by atoms with Crippen LogP contribution in [0.2, 0.25) is 0 Å². The summed E-state index contributed by atoms with van der Waals surface area (Å²) in [5.41, 5.74) is 4.98. The lowest BCUT2D eigenvalue weighted by Gasteiger charge is -2.56. The molecule has 12 fully saturated rings. The van der Waals surface area contributed by atoms with Gasteiger partial charge in [0.2, 0.25) is 0 Å². The zero-order valence-electron chi connectivity index (χ0n) is 29.9. The van der Waals surface area contributed by atoms with Gasteiger partial charge in [0.15, 0.2) is 0 Å². The van der Waals surface area contributed by atoms with Crippen molar-refractivity contribution in [1.29, 1.82) is 0 Å². The Hall–Kier alpha value is -3.36. The predicted octanol–water partition coefficient (Wildman–Crippen LogP) is 7.83. The molecule has 9 nitrogen and oxygen atoms in total. The van der Waals surface area contributed by atoms with Crippen molar-refractivity contribution in [3.63, 3.8) is 0 Å². The summed E-state index contributed by atoms with van der Waals surface area (Å²) in [6.45, 7) is 0. The van der Waals surface area contributed by atoms with Crippen LogP contribution in [0.5, 0.6) is 0 Å². The predicted molar refractivity (Wildman–Crippen MR) is 191 cm³/mol. The lowest BCUT2D eigenvalue weighted by molar-refractivity contribution is -0.00532. The zero-order valence-corrected chi connectivity index (χ0v) is 29.9. The molecule has 0 unspecified atom stereocenters. The van der Waals surface area contributed by atoms with Gasteiger partial charge in [-0.25, -0.2) is 14.0 Å². The highest BCUT2D eigenvalue weighted by Gasteiger charge is 2.54. The Kier molecular flexibility index (Phi) is 5.70. The highest BCUT2D eigenvalue weighted by Crippen LogP contribution is 2.63. The summed E-state index contributed by atoms with van der Waals surface area (Å²) in [4.78, 5) is 15.4. The molecule has 4 heterocycles. The van der Waals surface area contributed by atoms with Gasteiger partial charge in [-0.3, -0.25) is 0 Å². The monoisotopic (exact) mass is 681 g/mol. The van der Waals surface area contributed by atoms with E-state index in [0.717, 1.165) is 53.3 Å². The quantitative estimate of drug-likeness (QED) is 0.206. The normalized spacial score (nSPS) is 43.9. The van der Waals surface area contributed by atoms with Crippen molar-refractivity contribution in [1.82, 2.24) is 44.3 Å². The Balaban J connectivity index is 0.891. The summed E-state index contributed by atoms with van der Waals surface area (Å²) in [5.74, 6) is 9.69. The third kappa shape index (κ3) is 4.32. The van der Waals surface area contributed by atoms with Crippen LogP contribution in [0.25, 0.3) is 17.8 Å². The number of hydrogen-bond acceptors (Lipinski definition) is 6. The Morgan fingerprint density at radius 3 is 0.784 bits per heavy atom. The molecule has 12 saturated carbocycles. The molecule has 0 aliphatic heterocycles. The van der Waals surface area contributed by atoms with E-state index in [1.54, 1.807) is 0 Å². The molecule has 12 aliphatic carbocycles. The maximum atomic E-state index is 5.12. The van der Waals surface area contributed by atoms with E-state index in [-0.39, 0.29) is 16.2 Å². The van der Waals surface area contributed by atoms with E-state index in [0.29, 0.717) is 17.8 Å². The molecule has 0 saturated heterocycles. The Morgan fingerprint density at radius 2 is 0.569 bits per heavy atom. The molecule has 4 aromatic rings. The smallest absolute Gasteiger partial charge is 0.206 e. The first-order chi connectivity index (χ1) is 24.9. The van der Waals surface area contributed by atoms with Crippen molar-refractivity contribution < 1.29 is 0 Å². The number of aromatic nitrogens is 9. The standard InChI is InChI=1S/C42H51N9/c1-25-2-27-3-26(1)11-40(10-25,12-27)34-19-43-49(22-34)37-46-38(50-23-35(20-44-50)41-13-28-4-29(14-41)6-30(5-28)15-41)48-39(47-37)51-24-36(21-45-51)42-16-31-7-32(17-42)9-33(8-31)18-42/h19-33H,1-18H2. The first kappa shape index (κ1) is 29.1. The minimum Gasteiger partial charge on any atom is -0.206 e. The van der Waals surface area contributed by atoms with E-state index in [2.05, 4.69) is 37.2 Å². The molecule has 0 spiro atoms. The highest BCUT2D eigenvalue weighted by molar-refractivity contribution is 5.34. The van der Waals surface area contributed by atoms with Gasteiger partial charge in [-0.05, 0) is 202 Å². The minimum absolute atomic E-state index is 0.273. The Bertz CT molecular complexity index is 1700. The van der Waals surface area contributed by atoms with Gasteiger partial charge in [0.25, 0.3) is 17.8 Å². The van der Waals surface area contributed by atoms with E-state index in [9.17, 15) is 0 Å². The molecule has 0 aromatic carbocycles. The van der Waals surface area contributed by atoms with Crippen molar-refractivity contribution in [2.75, 3.05) is 0 Å². The van der Waals surface area contributed by atoms with Crippen molar-refractivity contribution in [2.45, 2.75) is 132 Å². The first-order valence-electron chi connectivity index (χ1n) is 20.8. The fourth-order valence-corrected chi connectivity index (χ4v) is 16.2. The van der Waals surface area contributed by atoms with Gasteiger partial charge < -0.3 is 0 Å². The molecule has 12 aliphatic rings. The molecule has 51 heavy (non-hydrogen) atoms. The number of hydrogen-bond donors (Lipinski definition) is 0. The van der Waals surface area contributed by atoms with E-state index in [4.69, 9.17) is 30.2 Å². The van der Waals surface area contributed by atoms with Crippen LogP contribution in [0, 0.1) is 53.3 Å². The summed E-state index contributed by atoms with van der Waals surface area (Å²) < 4.78 is 5.78. The summed E-state index contributed by atoms with van der Waals surface area (Å²) in [5, 5.41) is 14.9. The Morgan fingerprint density at radius 1 is 0.353 bits per heavy atom. The molecular formula is C42H51N9. The molecule has 9 heteroatoms. The lowest BCUT2D eigenvalue weighted by atomic mass is 9.48. The first-order valence-corrected chi connectivity index (χ1v) is 20.8. The zero-order chi connectivity index (χ0) is 33.1. The average Bonchev–Trinajstić information content (AvgIpc) is 3.89. The van der Waals surface area contributed by atoms with Gasteiger partial charge in [0, 0.05) is 18.6 Å². The summed E-state index contributed by atoms with van der Waals surface area (Å²) >= 11 is 0. The van der Waals surface area contributed by atoms with Crippen LogP contribution < -0.4 is 0 Å². The van der Waals surface area contributed by atoms with Gasteiger partial charge >= 0.3 is 0 Å². The maximum absolute atomic E-state index is 5.12. The highest BCUT2D eigenvalue weighted by atomic mass is 15.4. The summed E-state index contributed by atoms with van der Waals surface area (Å²) in [6.07, 6.45) is 38.0. The molecule has 0 radical (unpaired) electrons. The van der Waals surface area contributed by atoms with Crippen LogP contribution >= 0.6 is 0 Å². The second kappa shape index (κ2) is 9.98. The molecule has 12 bridgehead atoms. The fourth-order valence-electron chi connectivity index (χ4n) is 16.2. The van der Waals surface area contributed by atoms with Crippen LogP contribution in [-0.4, -0.2) is 44.3 Å². The van der Waals surface area contributed by atoms with Crippen molar-refractivity contribution in [3.8, 4) is 17.8 Å². The third-order valence-electron chi connectivity index (χ3n) is 16.9. The topological polar surface area (TPSA) is 92.1 Å². The molecule has 0 atom stereocenters. The third-order valence-corrected chi connectivity index (χ3v) is 16.9.